The van der Waals surface area contributed by atoms with E-state index in [-0.39, 0.29) is 10.2 Å². The number of rotatable bonds is 2. The maximum atomic E-state index is 13.7. The van der Waals surface area contributed by atoms with E-state index in [0.717, 1.165) is 6.07 Å². The topological polar surface area (TPSA) is 46.0 Å². The number of benzene rings is 1. The highest BCUT2D eigenvalue weighted by Gasteiger charge is 2.22. The van der Waals surface area contributed by atoms with Gasteiger partial charge in [0.25, 0.3) is 0 Å². The minimum atomic E-state index is -1.46. The summed E-state index contributed by atoms with van der Waals surface area (Å²) in [6.07, 6.45) is 1.13. The SMILES string of the molecule is OC(c1ccncn1)c1c(F)ccc(Br)c1F. The van der Waals surface area contributed by atoms with Gasteiger partial charge in [-0.3, -0.25) is 0 Å². The average molecular weight is 301 g/mol. The Kier molecular flexibility index (Phi) is 3.44. The molecule has 0 aliphatic rings. The Morgan fingerprint density at radius 3 is 2.65 bits per heavy atom. The van der Waals surface area contributed by atoms with Crippen LogP contribution in [0.2, 0.25) is 0 Å². The first-order chi connectivity index (χ1) is 8.11. The Morgan fingerprint density at radius 1 is 1.24 bits per heavy atom. The van der Waals surface area contributed by atoms with Crippen molar-refractivity contribution in [1.82, 2.24) is 9.97 Å². The lowest BCUT2D eigenvalue weighted by Gasteiger charge is -2.12. The van der Waals surface area contributed by atoms with Crippen LogP contribution < -0.4 is 0 Å². The zero-order valence-corrected chi connectivity index (χ0v) is 10.0. The van der Waals surface area contributed by atoms with E-state index in [4.69, 9.17) is 0 Å². The van der Waals surface area contributed by atoms with E-state index in [1.165, 1.54) is 24.7 Å². The van der Waals surface area contributed by atoms with Crippen molar-refractivity contribution in [3.05, 3.63) is 58.1 Å². The Labute approximate surface area is 104 Å². The molecule has 2 rings (SSSR count). The van der Waals surface area contributed by atoms with Crippen molar-refractivity contribution in [1.29, 1.82) is 0 Å². The van der Waals surface area contributed by atoms with Gasteiger partial charge in [-0.05, 0) is 34.1 Å². The fraction of sp³-hybridized carbons (Fsp3) is 0.0909. The van der Waals surface area contributed by atoms with E-state index in [2.05, 4.69) is 25.9 Å². The highest BCUT2D eigenvalue weighted by molar-refractivity contribution is 9.10. The quantitative estimate of drug-likeness (QED) is 0.867. The van der Waals surface area contributed by atoms with Crippen LogP contribution in [0.25, 0.3) is 0 Å². The van der Waals surface area contributed by atoms with E-state index < -0.39 is 23.3 Å². The summed E-state index contributed by atoms with van der Waals surface area (Å²) in [5.41, 5.74) is -0.297. The molecule has 0 aliphatic heterocycles. The molecular formula is C11H7BrF2N2O. The molecule has 17 heavy (non-hydrogen) atoms. The molecule has 1 atom stereocenters. The molecular weight excluding hydrogens is 294 g/mol. The largest absolute Gasteiger partial charge is 0.382 e. The Balaban J connectivity index is 2.51. The van der Waals surface area contributed by atoms with Gasteiger partial charge in [-0.2, -0.15) is 0 Å². The van der Waals surface area contributed by atoms with Crippen LogP contribution >= 0.6 is 15.9 Å². The number of aliphatic hydroxyl groups is 1. The standard InChI is InChI=1S/C11H7BrF2N2O/c12-6-1-2-7(13)9(10(6)14)11(17)8-3-4-15-5-16-8/h1-5,11,17H. The fourth-order valence-corrected chi connectivity index (χ4v) is 1.75. The molecule has 0 amide bonds. The number of aromatic nitrogens is 2. The highest BCUT2D eigenvalue weighted by Crippen LogP contribution is 2.29. The lowest BCUT2D eigenvalue weighted by molar-refractivity contribution is 0.204. The predicted octanol–water partition coefficient (Wildman–Crippen LogP) is 2.60. The first-order valence-electron chi connectivity index (χ1n) is 4.68. The third-order valence-corrected chi connectivity index (χ3v) is 2.85. The van der Waals surface area contributed by atoms with E-state index in [9.17, 15) is 13.9 Å². The van der Waals surface area contributed by atoms with Gasteiger partial charge < -0.3 is 5.11 Å². The molecule has 1 unspecified atom stereocenters. The summed E-state index contributed by atoms with van der Waals surface area (Å²) >= 11 is 2.94. The molecule has 1 heterocycles. The summed E-state index contributed by atoms with van der Waals surface area (Å²) in [5.74, 6) is -1.66. The van der Waals surface area contributed by atoms with Crippen molar-refractivity contribution in [2.45, 2.75) is 6.10 Å². The molecule has 0 aliphatic carbocycles. The van der Waals surface area contributed by atoms with E-state index in [1.807, 2.05) is 0 Å². The molecule has 0 bridgehead atoms. The first-order valence-corrected chi connectivity index (χ1v) is 5.48. The van der Waals surface area contributed by atoms with Crippen LogP contribution in [0.5, 0.6) is 0 Å². The van der Waals surface area contributed by atoms with Gasteiger partial charge >= 0.3 is 0 Å². The lowest BCUT2D eigenvalue weighted by atomic mass is 10.1. The minimum absolute atomic E-state index is 0.0852. The molecule has 0 saturated carbocycles. The van der Waals surface area contributed by atoms with Gasteiger partial charge in [-0.1, -0.05) is 0 Å². The first kappa shape index (κ1) is 12.1. The van der Waals surface area contributed by atoms with Crippen LogP contribution in [0.15, 0.2) is 35.2 Å². The van der Waals surface area contributed by atoms with Gasteiger partial charge in [-0.25, -0.2) is 18.7 Å². The zero-order valence-electron chi connectivity index (χ0n) is 8.44. The van der Waals surface area contributed by atoms with E-state index >= 15 is 0 Å². The van der Waals surface area contributed by atoms with Crippen LogP contribution in [0.4, 0.5) is 8.78 Å². The maximum absolute atomic E-state index is 13.7. The summed E-state index contributed by atoms with van der Waals surface area (Å²) < 4.78 is 27.3. The molecule has 1 aromatic carbocycles. The molecule has 1 aromatic heterocycles. The van der Waals surface area contributed by atoms with E-state index in [0.29, 0.717) is 0 Å². The van der Waals surface area contributed by atoms with Crippen LogP contribution in [0.3, 0.4) is 0 Å². The van der Waals surface area contributed by atoms with Crippen molar-refractivity contribution in [3.63, 3.8) is 0 Å². The Morgan fingerprint density at radius 2 is 2.00 bits per heavy atom. The normalized spacial score (nSPS) is 12.5. The van der Waals surface area contributed by atoms with Gasteiger partial charge in [0.2, 0.25) is 0 Å². The number of hydrogen-bond donors (Lipinski definition) is 1. The smallest absolute Gasteiger partial charge is 0.146 e. The molecule has 0 spiro atoms. The van der Waals surface area contributed by atoms with Crippen LogP contribution in [-0.2, 0) is 0 Å². The maximum Gasteiger partial charge on any atom is 0.146 e. The van der Waals surface area contributed by atoms with E-state index in [1.54, 1.807) is 0 Å². The highest BCUT2D eigenvalue weighted by atomic mass is 79.9. The van der Waals surface area contributed by atoms with Crippen LogP contribution in [-0.4, -0.2) is 15.1 Å². The second kappa shape index (κ2) is 4.85. The second-order valence-corrected chi connectivity index (χ2v) is 4.15. The predicted molar refractivity (Wildman–Crippen MR) is 60.2 cm³/mol. The molecule has 1 N–H and O–H groups in total. The Hall–Kier alpha value is -1.40. The number of nitrogens with zero attached hydrogens (tertiary/aromatic N) is 2. The second-order valence-electron chi connectivity index (χ2n) is 3.29. The summed E-state index contributed by atoms with van der Waals surface area (Å²) in [6, 6.07) is 3.71. The van der Waals surface area contributed by atoms with Crippen molar-refractivity contribution < 1.29 is 13.9 Å². The molecule has 2 aromatic rings. The lowest BCUT2D eigenvalue weighted by Crippen LogP contribution is -2.08. The van der Waals surface area contributed by atoms with Crippen molar-refractivity contribution in [2.24, 2.45) is 0 Å². The van der Waals surface area contributed by atoms with Crippen LogP contribution in [0, 0.1) is 11.6 Å². The molecule has 3 nitrogen and oxygen atoms in total. The van der Waals surface area contributed by atoms with Gasteiger partial charge in [-0.15, -0.1) is 0 Å². The van der Waals surface area contributed by atoms with Gasteiger partial charge in [0, 0.05) is 6.20 Å². The number of aliphatic hydroxyl groups excluding tert-OH is 1. The summed E-state index contributed by atoms with van der Waals surface area (Å²) in [7, 11) is 0. The molecule has 6 heteroatoms. The third kappa shape index (κ3) is 2.32. The van der Waals surface area contributed by atoms with Gasteiger partial charge in [0.15, 0.2) is 0 Å². The van der Waals surface area contributed by atoms with Crippen LogP contribution in [0.1, 0.15) is 17.4 Å². The molecule has 0 fully saturated rings. The Bertz CT molecular complexity index is 536. The molecule has 88 valence electrons. The fourth-order valence-electron chi connectivity index (χ4n) is 1.40. The number of halogens is 3. The van der Waals surface area contributed by atoms with Gasteiger partial charge in [0.1, 0.15) is 24.1 Å². The monoisotopic (exact) mass is 300 g/mol. The van der Waals surface area contributed by atoms with Crippen molar-refractivity contribution >= 4 is 15.9 Å². The molecule has 0 radical (unpaired) electrons. The zero-order chi connectivity index (χ0) is 12.4. The molecule has 0 saturated heterocycles. The summed E-state index contributed by atoms with van der Waals surface area (Å²) in [6.45, 7) is 0. The van der Waals surface area contributed by atoms with Crippen molar-refractivity contribution in [2.75, 3.05) is 0 Å². The summed E-state index contributed by atoms with van der Waals surface area (Å²) in [5, 5.41) is 9.89. The van der Waals surface area contributed by atoms with Crippen molar-refractivity contribution in [3.8, 4) is 0 Å². The summed E-state index contributed by atoms with van der Waals surface area (Å²) in [4.78, 5) is 7.42. The third-order valence-electron chi connectivity index (χ3n) is 2.24. The minimum Gasteiger partial charge on any atom is -0.382 e. The number of hydrogen-bond acceptors (Lipinski definition) is 3. The average Bonchev–Trinajstić information content (AvgIpc) is 2.35. The van der Waals surface area contributed by atoms with Gasteiger partial charge in [0.05, 0.1) is 15.7 Å².